The van der Waals surface area contributed by atoms with Gasteiger partial charge in [0.05, 0.1) is 5.56 Å². The van der Waals surface area contributed by atoms with Crippen molar-refractivity contribution in [2.45, 2.75) is 12.2 Å². The van der Waals surface area contributed by atoms with Gasteiger partial charge in [-0.2, -0.15) is 13.2 Å². The lowest BCUT2D eigenvalue weighted by Gasteiger charge is -2.20. The van der Waals surface area contributed by atoms with Crippen molar-refractivity contribution in [2.24, 2.45) is 0 Å². The summed E-state index contributed by atoms with van der Waals surface area (Å²) in [6, 6.07) is 17.7. The number of anilines is 2. The van der Waals surface area contributed by atoms with Crippen LogP contribution in [0.2, 0.25) is 0 Å². The van der Waals surface area contributed by atoms with Crippen LogP contribution in [0, 0.1) is 0 Å². The van der Waals surface area contributed by atoms with E-state index >= 15 is 0 Å². The Balaban J connectivity index is 1.59. The van der Waals surface area contributed by atoms with Crippen molar-refractivity contribution in [3.63, 3.8) is 0 Å². The van der Waals surface area contributed by atoms with Gasteiger partial charge in [-0.05, 0) is 35.9 Å². The molecule has 1 amide bonds. The van der Waals surface area contributed by atoms with E-state index in [4.69, 9.17) is 9.47 Å². The summed E-state index contributed by atoms with van der Waals surface area (Å²) in [4.78, 5) is 13.0. The van der Waals surface area contributed by atoms with E-state index in [0.717, 1.165) is 12.1 Å². The smallest absolute Gasteiger partial charge is 0.416 e. The van der Waals surface area contributed by atoms with Gasteiger partial charge in [0.15, 0.2) is 11.5 Å². The fourth-order valence-corrected chi connectivity index (χ4v) is 3.09. The molecule has 0 fully saturated rings. The van der Waals surface area contributed by atoms with Crippen LogP contribution in [-0.2, 0) is 11.0 Å². The van der Waals surface area contributed by atoms with Gasteiger partial charge in [-0.15, -0.1) is 0 Å². The van der Waals surface area contributed by atoms with Crippen molar-refractivity contribution in [3.05, 3.63) is 83.9 Å². The molecule has 0 aliphatic carbocycles. The van der Waals surface area contributed by atoms with Crippen molar-refractivity contribution >= 4 is 17.3 Å². The van der Waals surface area contributed by atoms with Crippen LogP contribution < -0.4 is 20.1 Å². The number of hydrogen-bond acceptors (Lipinski definition) is 4. The summed E-state index contributed by atoms with van der Waals surface area (Å²) in [5.74, 6) is 0.647. The number of amides is 1. The molecule has 0 saturated heterocycles. The molecule has 3 aromatic carbocycles. The van der Waals surface area contributed by atoms with E-state index in [9.17, 15) is 18.0 Å². The largest absolute Gasteiger partial charge is 0.454 e. The third kappa shape index (κ3) is 4.32. The lowest BCUT2D eigenvalue weighted by molar-refractivity contribution is -0.137. The van der Waals surface area contributed by atoms with Gasteiger partial charge in [0.25, 0.3) is 5.91 Å². The van der Waals surface area contributed by atoms with Crippen LogP contribution in [0.3, 0.4) is 0 Å². The van der Waals surface area contributed by atoms with Gasteiger partial charge in [0.1, 0.15) is 6.04 Å². The molecule has 5 nitrogen and oxygen atoms in total. The number of fused-ring (bicyclic) bond motifs is 1. The van der Waals surface area contributed by atoms with Crippen molar-refractivity contribution in [2.75, 3.05) is 17.4 Å². The van der Waals surface area contributed by atoms with Gasteiger partial charge >= 0.3 is 6.18 Å². The maximum Gasteiger partial charge on any atom is 0.416 e. The van der Waals surface area contributed by atoms with Crippen molar-refractivity contribution in [1.29, 1.82) is 0 Å². The van der Waals surface area contributed by atoms with Gasteiger partial charge in [-0.3, -0.25) is 4.79 Å². The Morgan fingerprint density at radius 1 is 0.867 bits per heavy atom. The molecule has 0 radical (unpaired) electrons. The van der Waals surface area contributed by atoms with Crippen molar-refractivity contribution < 1.29 is 27.4 Å². The van der Waals surface area contributed by atoms with E-state index in [0.29, 0.717) is 22.7 Å². The Bertz CT molecular complexity index is 1050. The van der Waals surface area contributed by atoms with Gasteiger partial charge in [0.2, 0.25) is 6.79 Å². The second-order valence-corrected chi connectivity index (χ2v) is 6.62. The molecule has 30 heavy (non-hydrogen) atoms. The Morgan fingerprint density at radius 3 is 2.40 bits per heavy atom. The molecule has 4 rings (SSSR count). The van der Waals surface area contributed by atoms with Crippen LogP contribution in [0.25, 0.3) is 0 Å². The highest BCUT2D eigenvalue weighted by molar-refractivity contribution is 5.97. The third-order valence-electron chi connectivity index (χ3n) is 4.54. The Morgan fingerprint density at radius 2 is 1.63 bits per heavy atom. The summed E-state index contributed by atoms with van der Waals surface area (Å²) in [6.07, 6.45) is -4.50. The van der Waals surface area contributed by atoms with Crippen LogP contribution in [0.4, 0.5) is 24.5 Å². The number of carbonyl (C=O) groups is 1. The lowest BCUT2D eigenvalue weighted by Crippen LogP contribution is -2.27. The minimum atomic E-state index is -4.50. The standard InChI is InChI=1S/C22H17F3N2O3/c23-22(24,25)15-7-4-8-16(11-15)27-21(28)20(14-5-2-1-3-6-14)26-17-9-10-18-19(12-17)30-13-29-18/h1-12,20,26H,13H2,(H,27,28)/t20-/m0/s1. The van der Waals surface area contributed by atoms with E-state index in [1.54, 1.807) is 42.5 Å². The molecular formula is C22H17F3N2O3. The predicted molar refractivity (Wildman–Crippen MR) is 105 cm³/mol. The molecule has 0 aromatic heterocycles. The highest BCUT2D eigenvalue weighted by Crippen LogP contribution is 2.35. The van der Waals surface area contributed by atoms with Crippen molar-refractivity contribution in [1.82, 2.24) is 0 Å². The predicted octanol–water partition coefficient (Wildman–Crippen LogP) is 5.23. The van der Waals surface area contributed by atoms with Gasteiger partial charge < -0.3 is 20.1 Å². The number of benzene rings is 3. The van der Waals surface area contributed by atoms with E-state index in [1.165, 1.54) is 12.1 Å². The maximum atomic E-state index is 13.0. The van der Waals surface area contributed by atoms with Gasteiger partial charge in [-0.25, -0.2) is 0 Å². The monoisotopic (exact) mass is 414 g/mol. The first kappa shape index (κ1) is 19.6. The Hall–Kier alpha value is -3.68. The zero-order chi connectivity index (χ0) is 21.1. The molecule has 0 bridgehead atoms. The first-order valence-electron chi connectivity index (χ1n) is 9.09. The molecule has 1 heterocycles. The van der Waals surface area contributed by atoms with Gasteiger partial charge in [0, 0.05) is 17.4 Å². The van der Waals surface area contributed by atoms with E-state index in [1.807, 2.05) is 6.07 Å². The average Bonchev–Trinajstić information content (AvgIpc) is 3.20. The highest BCUT2D eigenvalue weighted by Gasteiger charge is 2.31. The topological polar surface area (TPSA) is 59.6 Å². The number of carbonyl (C=O) groups excluding carboxylic acids is 1. The molecule has 3 aromatic rings. The summed E-state index contributed by atoms with van der Waals surface area (Å²) in [7, 11) is 0. The molecule has 1 atom stereocenters. The first-order valence-corrected chi connectivity index (χ1v) is 9.09. The van der Waals surface area contributed by atoms with Crippen LogP contribution in [-0.4, -0.2) is 12.7 Å². The molecule has 8 heteroatoms. The number of alkyl halides is 3. The van der Waals surface area contributed by atoms with Crippen molar-refractivity contribution in [3.8, 4) is 11.5 Å². The molecule has 1 aliphatic rings. The van der Waals surface area contributed by atoms with Crippen LogP contribution in [0.1, 0.15) is 17.2 Å². The fraction of sp³-hybridized carbons (Fsp3) is 0.136. The first-order chi connectivity index (χ1) is 14.4. The second-order valence-electron chi connectivity index (χ2n) is 6.62. The molecule has 0 unspecified atom stereocenters. The molecular weight excluding hydrogens is 397 g/mol. The zero-order valence-corrected chi connectivity index (χ0v) is 15.6. The number of hydrogen-bond donors (Lipinski definition) is 2. The number of rotatable bonds is 5. The van der Waals surface area contributed by atoms with E-state index in [-0.39, 0.29) is 12.5 Å². The maximum absolute atomic E-state index is 13.0. The third-order valence-corrected chi connectivity index (χ3v) is 4.54. The van der Waals surface area contributed by atoms with Gasteiger partial charge in [-0.1, -0.05) is 36.4 Å². The minimum absolute atomic E-state index is 0.0586. The lowest BCUT2D eigenvalue weighted by atomic mass is 10.1. The quantitative estimate of drug-likeness (QED) is 0.601. The number of halogens is 3. The molecule has 0 spiro atoms. The summed E-state index contributed by atoms with van der Waals surface area (Å²) < 4.78 is 49.6. The van der Waals surface area contributed by atoms with E-state index < -0.39 is 23.7 Å². The van der Waals surface area contributed by atoms with E-state index in [2.05, 4.69) is 10.6 Å². The number of ether oxygens (including phenoxy) is 2. The molecule has 1 aliphatic heterocycles. The average molecular weight is 414 g/mol. The summed E-state index contributed by atoms with van der Waals surface area (Å²) in [5, 5.41) is 5.69. The summed E-state index contributed by atoms with van der Waals surface area (Å²) in [6.45, 7) is 0.122. The van der Waals surface area contributed by atoms with Crippen LogP contribution in [0.15, 0.2) is 72.8 Å². The normalized spacial score (nSPS) is 13.6. The summed E-state index contributed by atoms with van der Waals surface area (Å²) >= 11 is 0. The SMILES string of the molecule is O=C(Nc1cccc(C(F)(F)F)c1)[C@@H](Nc1ccc2c(c1)OCO2)c1ccccc1. The Labute approximate surface area is 170 Å². The molecule has 154 valence electrons. The van der Waals surface area contributed by atoms with Crippen LogP contribution in [0.5, 0.6) is 11.5 Å². The van der Waals surface area contributed by atoms with Crippen LogP contribution >= 0.6 is 0 Å². The fourth-order valence-electron chi connectivity index (χ4n) is 3.09. The molecule has 0 saturated carbocycles. The highest BCUT2D eigenvalue weighted by atomic mass is 19.4. The zero-order valence-electron chi connectivity index (χ0n) is 15.6. The molecule has 2 N–H and O–H groups in total. The number of nitrogens with one attached hydrogen (secondary N) is 2. The summed E-state index contributed by atoms with van der Waals surface area (Å²) in [5.41, 5.74) is 0.482. The Kier molecular flexibility index (Phi) is 5.22. The minimum Gasteiger partial charge on any atom is -0.454 e. The second kappa shape index (κ2) is 7.98.